The van der Waals surface area contributed by atoms with Gasteiger partial charge in [0.15, 0.2) is 0 Å². The van der Waals surface area contributed by atoms with Crippen LogP contribution in [-0.4, -0.2) is 44.4 Å². The quantitative estimate of drug-likeness (QED) is 0.855. The summed E-state index contributed by atoms with van der Waals surface area (Å²) in [6.45, 7) is 1.13. The normalized spacial score (nSPS) is 17.9. The molecule has 1 heterocycles. The van der Waals surface area contributed by atoms with E-state index < -0.39 is 10.0 Å². The van der Waals surface area contributed by atoms with E-state index in [4.69, 9.17) is 10.5 Å². The molecule has 0 unspecified atom stereocenters. The summed E-state index contributed by atoms with van der Waals surface area (Å²) < 4.78 is 31.6. The molecule has 1 aromatic rings. The van der Waals surface area contributed by atoms with Gasteiger partial charge in [-0.25, -0.2) is 8.42 Å². The lowest BCUT2D eigenvalue weighted by atomic mass is 10.3. The Morgan fingerprint density at radius 3 is 2.79 bits per heavy atom. The predicted molar refractivity (Wildman–Crippen MR) is 78.1 cm³/mol. The first-order valence-corrected chi connectivity index (χ1v) is 8.66. The van der Waals surface area contributed by atoms with E-state index >= 15 is 0 Å². The van der Waals surface area contributed by atoms with E-state index in [1.165, 1.54) is 17.5 Å². The summed E-state index contributed by atoms with van der Waals surface area (Å²) >= 11 is 1.79. The van der Waals surface area contributed by atoms with Gasteiger partial charge in [0.2, 0.25) is 10.0 Å². The van der Waals surface area contributed by atoms with Crippen molar-refractivity contribution < 1.29 is 13.2 Å². The smallest absolute Gasteiger partial charge is 0.243 e. The highest BCUT2D eigenvalue weighted by atomic mass is 32.2. The van der Waals surface area contributed by atoms with Crippen LogP contribution in [0, 0.1) is 0 Å². The summed E-state index contributed by atoms with van der Waals surface area (Å²) in [5.74, 6) is 2.34. The number of benzene rings is 1. The van der Waals surface area contributed by atoms with Crippen LogP contribution in [0.3, 0.4) is 0 Å². The average Bonchev–Trinajstić information content (AvgIpc) is 2.67. The monoisotopic (exact) mass is 302 g/mol. The molecule has 2 N–H and O–H groups in total. The summed E-state index contributed by atoms with van der Waals surface area (Å²) in [6.07, 6.45) is 0.884. The molecule has 1 saturated heterocycles. The number of methoxy groups -OCH3 is 1. The van der Waals surface area contributed by atoms with Gasteiger partial charge in [0, 0.05) is 18.8 Å². The summed E-state index contributed by atoms with van der Waals surface area (Å²) in [7, 11) is -1.94. The molecule has 5 nitrogen and oxygen atoms in total. The lowest BCUT2D eigenvalue weighted by Gasteiger charge is -2.20. The predicted octanol–water partition coefficient (Wildman–Crippen LogP) is 1.41. The molecule has 19 heavy (non-hydrogen) atoms. The summed E-state index contributed by atoms with van der Waals surface area (Å²) in [4.78, 5) is 0.234. The highest BCUT2D eigenvalue weighted by Crippen LogP contribution is 2.27. The first-order chi connectivity index (χ1) is 9.05. The SMILES string of the molecule is COc1ccc(S(=O)(=O)N2CCCSCC2)cc1N. The van der Waals surface area contributed by atoms with Crippen molar-refractivity contribution in [2.45, 2.75) is 11.3 Å². The molecule has 0 spiro atoms. The minimum Gasteiger partial charge on any atom is -0.495 e. The minimum absolute atomic E-state index is 0.234. The number of nitrogens with zero attached hydrogens (tertiary/aromatic N) is 1. The molecule has 0 radical (unpaired) electrons. The molecule has 1 aliphatic rings. The largest absolute Gasteiger partial charge is 0.495 e. The molecule has 1 fully saturated rings. The lowest BCUT2D eigenvalue weighted by molar-refractivity contribution is 0.416. The van der Waals surface area contributed by atoms with Gasteiger partial charge in [-0.05, 0) is 30.4 Å². The summed E-state index contributed by atoms with van der Waals surface area (Å²) in [5.41, 5.74) is 6.12. The number of rotatable bonds is 3. The van der Waals surface area contributed by atoms with Crippen molar-refractivity contribution in [3.05, 3.63) is 18.2 Å². The van der Waals surface area contributed by atoms with E-state index in [2.05, 4.69) is 0 Å². The van der Waals surface area contributed by atoms with Gasteiger partial charge in [-0.15, -0.1) is 0 Å². The number of anilines is 1. The molecule has 0 atom stereocenters. The van der Waals surface area contributed by atoms with Crippen LogP contribution < -0.4 is 10.5 Å². The molecule has 0 aromatic heterocycles. The third-order valence-corrected chi connectivity index (χ3v) is 5.96. The van der Waals surface area contributed by atoms with Crippen molar-refractivity contribution in [2.24, 2.45) is 0 Å². The Morgan fingerprint density at radius 2 is 2.11 bits per heavy atom. The Labute approximate surface area is 118 Å². The van der Waals surface area contributed by atoms with Crippen LogP contribution in [-0.2, 0) is 10.0 Å². The van der Waals surface area contributed by atoms with Gasteiger partial charge < -0.3 is 10.5 Å². The molecule has 7 heteroatoms. The van der Waals surface area contributed by atoms with Gasteiger partial charge in [0.1, 0.15) is 5.75 Å². The zero-order valence-corrected chi connectivity index (χ0v) is 12.5. The van der Waals surface area contributed by atoms with Crippen molar-refractivity contribution in [3.8, 4) is 5.75 Å². The fourth-order valence-corrected chi connectivity index (χ4v) is 4.50. The van der Waals surface area contributed by atoms with Crippen LogP contribution in [0.4, 0.5) is 5.69 Å². The van der Waals surface area contributed by atoms with Gasteiger partial charge in [0.05, 0.1) is 17.7 Å². The number of hydrogen-bond acceptors (Lipinski definition) is 5. The van der Waals surface area contributed by atoms with Crippen LogP contribution in [0.5, 0.6) is 5.75 Å². The van der Waals surface area contributed by atoms with Crippen LogP contribution in [0.1, 0.15) is 6.42 Å². The molecule has 0 saturated carbocycles. The fraction of sp³-hybridized carbons (Fsp3) is 0.500. The molecular formula is C12H18N2O3S2. The molecule has 1 aliphatic heterocycles. The van der Waals surface area contributed by atoms with Crippen LogP contribution >= 0.6 is 11.8 Å². The molecular weight excluding hydrogens is 284 g/mol. The molecule has 0 bridgehead atoms. The lowest BCUT2D eigenvalue weighted by Crippen LogP contribution is -2.33. The number of thioether (sulfide) groups is 1. The second-order valence-electron chi connectivity index (χ2n) is 4.27. The standard InChI is InChI=1S/C12H18N2O3S2/c1-17-12-4-3-10(9-11(12)13)19(15,16)14-5-2-7-18-8-6-14/h3-4,9H,2,5-8,13H2,1H3. The van der Waals surface area contributed by atoms with Gasteiger partial charge in [-0.1, -0.05) is 0 Å². The van der Waals surface area contributed by atoms with Gasteiger partial charge in [-0.3, -0.25) is 0 Å². The first-order valence-electron chi connectivity index (χ1n) is 6.07. The Bertz CT molecular complexity index is 538. The Morgan fingerprint density at radius 1 is 1.32 bits per heavy atom. The number of hydrogen-bond donors (Lipinski definition) is 1. The van der Waals surface area contributed by atoms with Crippen molar-refractivity contribution in [1.82, 2.24) is 4.31 Å². The number of sulfonamides is 1. The third kappa shape index (κ3) is 3.16. The summed E-state index contributed by atoms with van der Waals surface area (Å²) in [5, 5.41) is 0. The van der Waals surface area contributed by atoms with Crippen molar-refractivity contribution in [1.29, 1.82) is 0 Å². The maximum atomic E-state index is 12.5. The van der Waals surface area contributed by atoms with Crippen LogP contribution in [0.25, 0.3) is 0 Å². The Kier molecular flexibility index (Phi) is 4.59. The van der Waals surface area contributed by atoms with E-state index in [0.717, 1.165) is 17.9 Å². The highest BCUT2D eigenvalue weighted by Gasteiger charge is 2.25. The number of nitrogens with two attached hydrogens (primary N) is 1. The molecule has 106 valence electrons. The summed E-state index contributed by atoms with van der Waals surface area (Å²) in [6, 6.07) is 4.60. The Hall–Kier alpha value is -0.920. The van der Waals surface area contributed by atoms with Crippen molar-refractivity contribution in [2.75, 3.05) is 37.4 Å². The van der Waals surface area contributed by atoms with E-state index in [9.17, 15) is 8.42 Å². The van der Waals surface area contributed by atoms with Crippen LogP contribution in [0.2, 0.25) is 0 Å². The second kappa shape index (κ2) is 6.02. The van der Waals surface area contributed by atoms with E-state index in [0.29, 0.717) is 24.5 Å². The van der Waals surface area contributed by atoms with Crippen LogP contribution in [0.15, 0.2) is 23.1 Å². The van der Waals surface area contributed by atoms with Crippen molar-refractivity contribution >= 4 is 27.5 Å². The maximum Gasteiger partial charge on any atom is 0.243 e. The second-order valence-corrected chi connectivity index (χ2v) is 7.44. The number of nitrogen functional groups attached to an aromatic ring is 1. The van der Waals surface area contributed by atoms with Gasteiger partial charge >= 0.3 is 0 Å². The topological polar surface area (TPSA) is 72.6 Å². The molecule has 0 aliphatic carbocycles. The molecule has 1 aromatic carbocycles. The Balaban J connectivity index is 2.30. The van der Waals surface area contributed by atoms with E-state index in [1.807, 2.05) is 0 Å². The average molecular weight is 302 g/mol. The first kappa shape index (κ1) is 14.5. The zero-order chi connectivity index (χ0) is 13.9. The fourth-order valence-electron chi connectivity index (χ4n) is 1.99. The van der Waals surface area contributed by atoms with Crippen molar-refractivity contribution in [3.63, 3.8) is 0 Å². The zero-order valence-electron chi connectivity index (χ0n) is 10.8. The van der Waals surface area contributed by atoms with Gasteiger partial charge in [0.25, 0.3) is 0 Å². The van der Waals surface area contributed by atoms with E-state index in [-0.39, 0.29) is 4.90 Å². The van der Waals surface area contributed by atoms with E-state index in [1.54, 1.807) is 23.9 Å². The highest BCUT2D eigenvalue weighted by molar-refractivity contribution is 7.99. The maximum absolute atomic E-state index is 12.5. The number of ether oxygens (including phenoxy) is 1. The molecule has 2 rings (SSSR count). The minimum atomic E-state index is -3.45. The molecule has 0 amide bonds. The third-order valence-electron chi connectivity index (χ3n) is 3.02. The van der Waals surface area contributed by atoms with Gasteiger partial charge in [-0.2, -0.15) is 16.1 Å².